The van der Waals surface area contributed by atoms with Crippen LogP contribution in [0.25, 0.3) is 0 Å². The predicted octanol–water partition coefficient (Wildman–Crippen LogP) is 3.09. The van der Waals surface area contributed by atoms with Gasteiger partial charge in [-0.3, -0.25) is 4.79 Å². The lowest BCUT2D eigenvalue weighted by Crippen LogP contribution is -2.27. The number of carbonyl (C=O) groups excluding carboxylic acids is 1. The van der Waals surface area contributed by atoms with Gasteiger partial charge < -0.3 is 10.1 Å². The lowest BCUT2D eigenvalue weighted by atomic mass is 10.2. The minimum absolute atomic E-state index is 0.134. The van der Waals surface area contributed by atoms with Gasteiger partial charge in [0.15, 0.2) is 0 Å². The van der Waals surface area contributed by atoms with Crippen LogP contribution in [0, 0.1) is 3.57 Å². The molecule has 1 rings (SSSR count). The third kappa shape index (κ3) is 5.54. The maximum absolute atomic E-state index is 11.7. The van der Waals surface area contributed by atoms with E-state index in [1.807, 2.05) is 6.07 Å². The largest absolute Gasteiger partial charge is 0.379 e. The fourth-order valence-corrected chi connectivity index (χ4v) is 1.88. The van der Waals surface area contributed by atoms with Gasteiger partial charge in [0.2, 0.25) is 0 Å². The predicted molar refractivity (Wildman–Crippen MR) is 81.1 cm³/mol. The van der Waals surface area contributed by atoms with Gasteiger partial charge in [0.05, 0.1) is 18.2 Å². The Hall–Kier alpha value is 0.150. The Bertz CT molecular complexity index is 390. The molecule has 6 heteroatoms. The Morgan fingerprint density at radius 3 is 2.88 bits per heavy atom. The Balaban J connectivity index is 2.39. The highest BCUT2D eigenvalue weighted by molar-refractivity contribution is 14.1. The summed E-state index contributed by atoms with van der Waals surface area (Å²) >= 11 is 11.3. The molecule has 0 fully saturated rings. The number of amides is 1. The number of hydrogen-bond acceptors (Lipinski definition) is 2. The van der Waals surface area contributed by atoms with Crippen molar-refractivity contribution in [3.63, 3.8) is 0 Å². The molecule has 17 heavy (non-hydrogen) atoms. The summed E-state index contributed by atoms with van der Waals surface area (Å²) in [6.07, 6.45) is 0. The van der Waals surface area contributed by atoms with E-state index in [-0.39, 0.29) is 5.91 Å². The molecule has 0 aliphatic carbocycles. The number of alkyl halides is 1. The molecule has 0 saturated heterocycles. The molecule has 0 aliphatic heterocycles. The SMILES string of the molecule is O=C(NCCOCCBr)c1ccc(I)c(Cl)c1. The Morgan fingerprint density at radius 1 is 1.47 bits per heavy atom. The summed E-state index contributed by atoms with van der Waals surface area (Å²) < 4.78 is 6.15. The Kier molecular flexibility index (Phi) is 7.41. The molecule has 94 valence electrons. The van der Waals surface area contributed by atoms with Crippen LogP contribution in [0.1, 0.15) is 10.4 Å². The van der Waals surface area contributed by atoms with Crippen molar-refractivity contribution in [1.82, 2.24) is 5.32 Å². The number of ether oxygens (including phenoxy) is 1. The molecule has 0 heterocycles. The summed E-state index contributed by atoms with van der Waals surface area (Å²) in [4.78, 5) is 11.7. The second-order valence-electron chi connectivity index (χ2n) is 3.19. The van der Waals surface area contributed by atoms with Gasteiger partial charge >= 0.3 is 0 Å². The van der Waals surface area contributed by atoms with Crippen LogP contribution < -0.4 is 5.32 Å². The van der Waals surface area contributed by atoms with Crippen molar-refractivity contribution < 1.29 is 9.53 Å². The van der Waals surface area contributed by atoms with Gasteiger partial charge in [-0.2, -0.15) is 0 Å². The van der Waals surface area contributed by atoms with E-state index in [2.05, 4.69) is 43.8 Å². The second-order valence-corrected chi connectivity index (χ2v) is 5.55. The number of benzene rings is 1. The third-order valence-corrected chi connectivity index (χ3v) is 3.83. The van der Waals surface area contributed by atoms with Gasteiger partial charge in [-0.05, 0) is 40.8 Å². The van der Waals surface area contributed by atoms with Crippen LogP contribution in [0.2, 0.25) is 5.02 Å². The summed E-state index contributed by atoms with van der Waals surface area (Å²) in [6.45, 7) is 1.65. The first-order valence-electron chi connectivity index (χ1n) is 5.02. The lowest BCUT2D eigenvalue weighted by molar-refractivity contribution is 0.0924. The van der Waals surface area contributed by atoms with Crippen molar-refractivity contribution in [2.24, 2.45) is 0 Å². The molecule has 0 unspecified atom stereocenters. The van der Waals surface area contributed by atoms with Crippen LogP contribution in [-0.4, -0.2) is 31.0 Å². The van der Waals surface area contributed by atoms with Gasteiger partial charge in [0.1, 0.15) is 0 Å². The zero-order valence-corrected chi connectivity index (χ0v) is 13.5. The van der Waals surface area contributed by atoms with E-state index in [0.717, 1.165) is 8.90 Å². The summed E-state index contributed by atoms with van der Waals surface area (Å²) in [5.74, 6) is -0.134. The van der Waals surface area contributed by atoms with E-state index in [0.29, 0.717) is 30.3 Å². The first-order chi connectivity index (χ1) is 8.15. The monoisotopic (exact) mass is 431 g/mol. The Labute approximate surface area is 128 Å². The van der Waals surface area contributed by atoms with Crippen molar-refractivity contribution >= 4 is 56.0 Å². The quantitative estimate of drug-likeness (QED) is 0.426. The molecule has 1 aromatic rings. The summed E-state index contributed by atoms with van der Waals surface area (Å²) in [5, 5.41) is 4.15. The van der Waals surface area contributed by atoms with Crippen LogP contribution in [0.3, 0.4) is 0 Å². The maximum Gasteiger partial charge on any atom is 0.251 e. The fourth-order valence-electron chi connectivity index (χ4n) is 1.13. The lowest BCUT2D eigenvalue weighted by Gasteiger charge is -2.06. The van der Waals surface area contributed by atoms with E-state index in [9.17, 15) is 4.79 Å². The number of hydrogen-bond donors (Lipinski definition) is 1. The highest BCUT2D eigenvalue weighted by atomic mass is 127. The second kappa shape index (κ2) is 8.29. The minimum Gasteiger partial charge on any atom is -0.379 e. The van der Waals surface area contributed by atoms with Crippen molar-refractivity contribution in [3.05, 3.63) is 32.4 Å². The summed E-state index contributed by atoms with van der Waals surface area (Å²) in [5.41, 5.74) is 0.566. The normalized spacial score (nSPS) is 10.3. The smallest absolute Gasteiger partial charge is 0.251 e. The van der Waals surface area contributed by atoms with Crippen molar-refractivity contribution in [2.45, 2.75) is 0 Å². The van der Waals surface area contributed by atoms with Crippen LogP contribution in [0.4, 0.5) is 0 Å². The molecule has 0 aromatic heterocycles. The van der Waals surface area contributed by atoms with E-state index < -0.39 is 0 Å². The molecule has 0 radical (unpaired) electrons. The zero-order valence-electron chi connectivity index (χ0n) is 9.01. The highest BCUT2D eigenvalue weighted by Gasteiger charge is 2.06. The molecule has 0 saturated carbocycles. The highest BCUT2D eigenvalue weighted by Crippen LogP contribution is 2.19. The van der Waals surface area contributed by atoms with E-state index in [1.165, 1.54) is 0 Å². The Morgan fingerprint density at radius 2 is 2.24 bits per heavy atom. The van der Waals surface area contributed by atoms with Crippen molar-refractivity contribution in [1.29, 1.82) is 0 Å². The number of rotatable bonds is 6. The first kappa shape index (κ1) is 15.2. The molecule has 0 spiro atoms. The average Bonchev–Trinajstić information content (AvgIpc) is 2.32. The van der Waals surface area contributed by atoms with E-state index in [4.69, 9.17) is 16.3 Å². The molecule has 1 aromatic carbocycles. The van der Waals surface area contributed by atoms with E-state index in [1.54, 1.807) is 12.1 Å². The van der Waals surface area contributed by atoms with Crippen molar-refractivity contribution in [3.8, 4) is 0 Å². The van der Waals surface area contributed by atoms with Crippen LogP contribution in [0.5, 0.6) is 0 Å². The van der Waals surface area contributed by atoms with Gasteiger partial charge in [0, 0.05) is 21.0 Å². The topological polar surface area (TPSA) is 38.3 Å². The molecular formula is C11H12BrClINO2. The average molecular weight is 432 g/mol. The van der Waals surface area contributed by atoms with Gasteiger partial charge in [-0.1, -0.05) is 27.5 Å². The van der Waals surface area contributed by atoms with Crippen molar-refractivity contribution in [2.75, 3.05) is 25.1 Å². The summed E-state index contributed by atoms with van der Waals surface area (Å²) in [7, 11) is 0. The fraction of sp³-hybridized carbons (Fsp3) is 0.364. The number of nitrogens with one attached hydrogen (secondary N) is 1. The van der Waals surface area contributed by atoms with Crippen LogP contribution in [-0.2, 0) is 4.74 Å². The molecule has 0 bridgehead atoms. The molecule has 0 aliphatic rings. The van der Waals surface area contributed by atoms with Gasteiger partial charge in [-0.25, -0.2) is 0 Å². The molecule has 1 N–H and O–H groups in total. The zero-order chi connectivity index (χ0) is 12.7. The van der Waals surface area contributed by atoms with Gasteiger partial charge in [-0.15, -0.1) is 0 Å². The molecular weight excluding hydrogens is 420 g/mol. The number of carbonyl (C=O) groups is 1. The third-order valence-electron chi connectivity index (χ3n) is 1.94. The van der Waals surface area contributed by atoms with Crippen LogP contribution >= 0.6 is 50.1 Å². The van der Waals surface area contributed by atoms with E-state index >= 15 is 0 Å². The molecule has 3 nitrogen and oxygen atoms in total. The standard InChI is InChI=1S/C11H12BrClINO2/c12-3-5-17-6-4-15-11(16)8-1-2-10(14)9(13)7-8/h1-2,7H,3-6H2,(H,15,16). The first-order valence-corrected chi connectivity index (χ1v) is 7.60. The number of halogens is 3. The maximum atomic E-state index is 11.7. The minimum atomic E-state index is -0.134. The van der Waals surface area contributed by atoms with Crippen LogP contribution in [0.15, 0.2) is 18.2 Å². The molecule has 0 atom stereocenters. The summed E-state index contributed by atoms with van der Waals surface area (Å²) in [6, 6.07) is 5.24. The van der Waals surface area contributed by atoms with Gasteiger partial charge in [0.25, 0.3) is 5.91 Å². The molecule has 1 amide bonds.